The van der Waals surface area contributed by atoms with Gasteiger partial charge in [0, 0.05) is 11.3 Å². The zero-order valence-electron chi connectivity index (χ0n) is 16.3. The Labute approximate surface area is 168 Å². The number of ether oxygens (including phenoxy) is 1. The van der Waals surface area contributed by atoms with Gasteiger partial charge in [-0.3, -0.25) is 4.79 Å². The molecule has 0 radical (unpaired) electrons. The van der Waals surface area contributed by atoms with Crippen LogP contribution in [0.3, 0.4) is 0 Å². The number of carbonyl (C=O) groups is 1. The van der Waals surface area contributed by atoms with Crippen LogP contribution in [-0.2, 0) is 4.79 Å². The zero-order chi connectivity index (χ0) is 20.1. The van der Waals surface area contributed by atoms with Crippen molar-refractivity contribution in [3.8, 4) is 17.2 Å². The first-order valence-corrected chi connectivity index (χ1v) is 9.90. The van der Waals surface area contributed by atoms with Crippen LogP contribution in [0.15, 0.2) is 58.2 Å². The Morgan fingerprint density at radius 1 is 1.07 bits per heavy atom. The van der Waals surface area contributed by atoms with E-state index in [4.69, 9.17) is 9.15 Å². The van der Waals surface area contributed by atoms with E-state index in [0.29, 0.717) is 17.0 Å². The number of aromatic nitrogens is 2. The SMILES string of the molecule is COc1ccc(-c2nnc(S[C@@H](C)C(=O)Nc3ccccc3C(C)C)o2)cc1. The Bertz CT molecular complexity index is 938. The van der Waals surface area contributed by atoms with Gasteiger partial charge in [-0.2, -0.15) is 0 Å². The summed E-state index contributed by atoms with van der Waals surface area (Å²) in [6.07, 6.45) is 0. The highest BCUT2D eigenvalue weighted by molar-refractivity contribution is 8.00. The van der Waals surface area contributed by atoms with Gasteiger partial charge in [-0.25, -0.2) is 0 Å². The first kappa shape index (κ1) is 19.9. The minimum absolute atomic E-state index is 0.109. The molecule has 0 aliphatic carbocycles. The van der Waals surface area contributed by atoms with Crippen LogP contribution in [0.25, 0.3) is 11.5 Å². The van der Waals surface area contributed by atoms with Crippen LogP contribution in [0.1, 0.15) is 32.3 Å². The Hall–Kier alpha value is -2.80. The van der Waals surface area contributed by atoms with Gasteiger partial charge >= 0.3 is 0 Å². The predicted octanol–water partition coefficient (Wildman–Crippen LogP) is 4.99. The van der Waals surface area contributed by atoms with Crippen LogP contribution < -0.4 is 10.1 Å². The van der Waals surface area contributed by atoms with Gasteiger partial charge in [0.25, 0.3) is 5.22 Å². The van der Waals surface area contributed by atoms with Crippen LogP contribution >= 0.6 is 11.8 Å². The van der Waals surface area contributed by atoms with Crippen LogP contribution in [0.2, 0.25) is 0 Å². The summed E-state index contributed by atoms with van der Waals surface area (Å²) < 4.78 is 10.8. The highest BCUT2D eigenvalue weighted by atomic mass is 32.2. The fraction of sp³-hybridized carbons (Fsp3) is 0.286. The van der Waals surface area contributed by atoms with Crippen LogP contribution in [0, 0.1) is 0 Å². The topological polar surface area (TPSA) is 77.2 Å². The molecule has 0 aliphatic heterocycles. The summed E-state index contributed by atoms with van der Waals surface area (Å²) in [7, 11) is 1.61. The van der Waals surface area contributed by atoms with Gasteiger partial charge in [0.2, 0.25) is 11.8 Å². The van der Waals surface area contributed by atoms with Gasteiger partial charge in [0.05, 0.1) is 12.4 Å². The average molecular weight is 398 g/mol. The lowest BCUT2D eigenvalue weighted by atomic mass is 10.0. The van der Waals surface area contributed by atoms with Crippen molar-refractivity contribution in [2.75, 3.05) is 12.4 Å². The standard InChI is InChI=1S/C21H23N3O3S/c1-13(2)17-7-5-6-8-18(17)22-19(25)14(3)28-21-24-23-20(27-21)15-9-11-16(26-4)12-10-15/h5-14H,1-4H3,(H,22,25)/t14-/m0/s1. The number of methoxy groups -OCH3 is 1. The van der Waals surface area contributed by atoms with Gasteiger partial charge in [-0.1, -0.05) is 43.8 Å². The van der Waals surface area contributed by atoms with Gasteiger partial charge in [0.15, 0.2) is 0 Å². The van der Waals surface area contributed by atoms with Crippen LogP contribution in [0.4, 0.5) is 5.69 Å². The molecule has 1 heterocycles. The molecule has 1 N–H and O–H groups in total. The minimum Gasteiger partial charge on any atom is -0.497 e. The molecule has 6 nitrogen and oxygen atoms in total. The van der Waals surface area contributed by atoms with E-state index >= 15 is 0 Å². The summed E-state index contributed by atoms with van der Waals surface area (Å²) in [5.41, 5.74) is 2.73. The van der Waals surface area contributed by atoms with Crippen molar-refractivity contribution in [3.05, 3.63) is 54.1 Å². The lowest BCUT2D eigenvalue weighted by molar-refractivity contribution is -0.115. The molecule has 0 aliphatic rings. The third-order valence-electron chi connectivity index (χ3n) is 4.23. The van der Waals surface area contributed by atoms with E-state index in [0.717, 1.165) is 22.6 Å². The third kappa shape index (κ3) is 4.72. The predicted molar refractivity (Wildman–Crippen MR) is 111 cm³/mol. The molecule has 7 heteroatoms. The number of nitrogens with zero attached hydrogens (tertiary/aromatic N) is 2. The third-order valence-corrected chi connectivity index (χ3v) is 5.17. The molecule has 1 amide bonds. The smallest absolute Gasteiger partial charge is 0.277 e. The van der Waals surface area contributed by atoms with Crippen molar-refractivity contribution in [2.45, 2.75) is 37.2 Å². The van der Waals surface area contributed by atoms with E-state index in [1.54, 1.807) is 7.11 Å². The number of rotatable bonds is 7. The molecule has 146 valence electrons. The molecule has 2 aromatic carbocycles. The molecule has 1 atom stereocenters. The normalized spacial score (nSPS) is 12.0. The number of amides is 1. The number of benzene rings is 2. The summed E-state index contributed by atoms with van der Waals surface area (Å²) >= 11 is 1.23. The van der Waals surface area contributed by atoms with E-state index in [2.05, 4.69) is 29.4 Å². The quantitative estimate of drug-likeness (QED) is 0.566. The van der Waals surface area contributed by atoms with Gasteiger partial charge < -0.3 is 14.5 Å². The number of hydrogen-bond donors (Lipinski definition) is 1. The van der Waals surface area contributed by atoms with E-state index in [1.165, 1.54) is 11.8 Å². The molecule has 3 aromatic rings. The summed E-state index contributed by atoms with van der Waals surface area (Å²) in [5.74, 6) is 1.37. The molecule has 1 aromatic heterocycles. The van der Waals surface area contributed by atoms with E-state index in [-0.39, 0.29) is 11.2 Å². The fourth-order valence-corrected chi connectivity index (χ4v) is 3.34. The molecule has 0 saturated carbocycles. The Balaban J connectivity index is 1.65. The molecule has 3 rings (SSSR count). The van der Waals surface area contributed by atoms with E-state index in [1.807, 2.05) is 55.5 Å². The molecule has 0 saturated heterocycles. The maximum atomic E-state index is 12.6. The highest BCUT2D eigenvalue weighted by Crippen LogP contribution is 2.29. The van der Waals surface area contributed by atoms with Gasteiger partial charge in [0.1, 0.15) is 5.75 Å². The van der Waals surface area contributed by atoms with Crippen molar-refractivity contribution in [1.29, 1.82) is 0 Å². The molecular weight excluding hydrogens is 374 g/mol. The molecule has 0 unspecified atom stereocenters. The number of thioether (sulfide) groups is 1. The molecular formula is C21H23N3O3S. The molecule has 0 spiro atoms. The Morgan fingerprint density at radius 2 is 1.79 bits per heavy atom. The molecule has 28 heavy (non-hydrogen) atoms. The van der Waals surface area contributed by atoms with E-state index < -0.39 is 0 Å². The van der Waals surface area contributed by atoms with E-state index in [9.17, 15) is 4.79 Å². The largest absolute Gasteiger partial charge is 0.497 e. The lowest BCUT2D eigenvalue weighted by Crippen LogP contribution is -2.23. The minimum atomic E-state index is -0.385. The number of hydrogen-bond acceptors (Lipinski definition) is 6. The maximum absolute atomic E-state index is 12.6. The number of para-hydroxylation sites is 1. The van der Waals surface area contributed by atoms with Crippen LogP contribution in [0.5, 0.6) is 5.75 Å². The summed E-state index contributed by atoms with van der Waals surface area (Å²) in [4.78, 5) is 12.6. The fourth-order valence-electron chi connectivity index (χ4n) is 2.66. The first-order chi connectivity index (χ1) is 13.5. The van der Waals surface area contributed by atoms with Gasteiger partial charge in [-0.05, 0) is 48.7 Å². The second-order valence-electron chi connectivity index (χ2n) is 6.59. The van der Waals surface area contributed by atoms with Crippen LogP contribution in [-0.4, -0.2) is 28.5 Å². The van der Waals surface area contributed by atoms with Crippen molar-refractivity contribution in [1.82, 2.24) is 10.2 Å². The van der Waals surface area contributed by atoms with Gasteiger partial charge in [-0.15, -0.1) is 10.2 Å². The number of anilines is 1. The number of nitrogens with one attached hydrogen (secondary N) is 1. The van der Waals surface area contributed by atoms with Crippen molar-refractivity contribution in [2.24, 2.45) is 0 Å². The first-order valence-electron chi connectivity index (χ1n) is 9.02. The Morgan fingerprint density at radius 3 is 2.46 bits per heavy atom. The monoisotopic (exact) mass is 397 g/mol. The Kier molecular flexibility index (Phi) is 6.36. The average Bonchev–Trinajstić information content (AvgIpc) is 3.16. The van der Waals surface area contributed by atoms with Crippen molar-refractivity contribution in [3.63, 3.8) is 0 Å². The van der Waals surface area contributed by atoms with Crippen molar-refractivity contribution < 1.29 is 13.9 Å². The second kappa shape index (κ2) is 8.93. The molecule has 0 fully saturated rings. The summed E-state index contributed by atoms with van der Waals surface area (Å²) in [6.45, 7) is 6.01. The second-order valence-corrected chi connectivity index (χ2v) is 7.88. The molecule has 0 bridgehead atoms. The van der Waals surface area contributed by atoms with Crippen molar-refractivity contribution >= 4 is 23.4 Å². The number of carbonyl (C=O) groups excluding carboxylic acids is 1. The summed E-state index contributed by atoms with van der Waals surface area (Å²) in [6, 6.07) is 15.2. The maximum Gasteiger partial charge on any atom is 0.277 e. The summed E-state index contributed by atoms with van der Waals surface area (Å²) in [5, 5.41) is 11.1. The highest BCUT2D eigenvalue weighted by Gasteiger charge is 2.20. The zero-order valence-corrected chi connectivity index (χ0v) is 17.1. The lowest BCUT2D eigenvalue weighted by Gasteiger charge is -2.15.